The lowest BCUT2D eigenvalue weighted by Crippen LogP contribution is -2.77. The molecule has 1 N–H and O–H groups in total. The average molecular weight is 650 g/mol. The molecule has 0 fully saturated rings. The number of imidazole rings is 1. The van der Waals surface area contributed by atoms with Crippen molar-refractivity contribution in [2.24, 2.45) is 0 Å². The molecule has 0 saturated heterocycles. The van der Waals surface area contributed by atoms with Gasteiger partial charge < -0.3 is 4.98 Å². The fourth-order valence-electron chi connectivity index (χ4n) is 2.29. The highest BCUT2D eigenvalue weighted by atomic mass is 19.4. The number of carbonyl (C=O) groups excluding carboxylic acids is 1. The molecule has 0 unspecified atom stereocenters. The number of halogens is 23. The monoisotopic (exact) mass is 650 g/mol. The van der Waals surface area contributed by atoms with Crippen LogP contribution in [0.4, 0.5) is 101 Å². The summed E-state index contributed by atoms with van der Waals surface area (Å²) in [6.07, 6.45) is -8.10. The van der Waals surface area contributed by atoms with Crippen molar-refractivity contribution >= 4 is 5.78 Å². The highest BCUT2D eigenvalue weighted by Crippen LogP contribution is 2.66. The molecule has 0 aliphatic rings. The van der Waals surface area contributed by atoms with Gasteiger partial charge in [-0.1, -0.05) is 0 Å². The van der Waals surface area contributed by atoms with E-state index in [0.29, 0.717) is 4.98 Å². The Kier molecular flexibility index (Phi) is 7.84. The van der Waals surface area contributed by atoms with Crippen molar-refractivity contribution in [3.05, 3.63) is 17.7 Å². The first-order valence-corrected chi connectivity index (χ1v) is 8.50. The van der Waals surface area contributed by atoms with Gasteiger partial charge in [0.15, 0.2) is 5.82 Å². The molecule has 0 saturated carbocycles. The van der Waals surface area contributed by atoms with Crippen molar-refractivity contribution in [2.45, 2.75) is 59.5 Å². The summed E-state index contributed by atoms with van der Waals surface area (Å²) in [6.45, 7) is 0. The second-order valence-electron chi connectivity index (χ2n) is 7.19. The molecule has 0 aliphatic heterocycles. The lowest BCUT2D eigenvalue weighted by atomic mass is 9.85. The zero-order valence-electron chi connectivity index (χ0n) is 17.0. The van der Waals surface area contributed by atoms with Gasteiger partial charge in [0.25, 0.3) is 11.7 Å². The minimum atomic E-state index is -9.39. The molecule has 0 spiro atoms. The first kappa shape index (κ1) is 35.3. The van der Waals surface area contributed by atoms with Crippen LogP contribution in [-0.4, -0.2) is 75.2 Å². The molecule has 0 atom stereocenters. The van der Waals surface area contributed by atoms with Crippen LogP contribution in [0.2, 0.25) is 0 Å². The Morgan fingerprint density at radius 3 is 1.00 bits per heavy atom. The van der Waals surface area contributed by atoms with Crippen LogP contribution in [0.3, 0.4) is 0 Å². The Bertz CT molecular complexity index is 1110. The molecule has 1 heterocycles. The maximum Gasteiger partial charge on any atom is 0.460 e. The largest absolute Gasteiger partial charge is 0.460 e. The molecule has 1 aromatic rings. The van der Waals surface area contributed by atoms with E-state index in [4.69, 9.17) is 0 Å². The minimum absolute atomic E-state index is 0.368. The topological polar surface area (TPSA) is 45.8 Å². The number of H-pyrrole nitrogens is 1. The number of rotatable bonds is 10. The van der Waals surface area contributed by atoms with Crippen molar-refractivity contribution in [3.63, 3.8) is 0 Å². The predicted octanol–water partition coefficient (Wildman–Crippen LogP) is 7.15. The summed E-state index contributed by atoms with van der Waals surface area (Å²) in [5, 5.41) is 0. The van der Waals surface area contributed by atoms with Crippen LogP contribution < -0.4 is 0 Å². The number of ketones is 1. The molecular formula is C14HF23N2O. The third kappa shape index (κ3) is 4.12. The van der Waals surface area contributed by atoms with Crippen molar-refractivity contribution in [3.8, 4) is 0 Å². The standard InChI is InChI=1S/C14HF23N2O/c15-2-3(16)39-4(38-2)1(40)5(17,18)6(19,20)7(21,22)8(23,24)9(25,26)10(27,28)11(29,30)12(31,32)13(33,34)14(35,36)37/h(H,38,39). The van der Waals surface area contributed by atoms with Gasteiger partial charge in [0.1, 0.15) is 0 Å². The zero-order chi connectivity index (χ0) is 32.7. The summed E-state index contributed by atoms with van der Waals surface area (Å²) in [7, 11) is 0. The lowest BCUT2D eigenvalue weighted by molar-refractivity contribution is -0.472. The van der Waals surface area contributed by atoms with Crippen molar-refractivity contribution in [2.75, 3.05) is 0 Å². The number of aromatic amines is 1. The Balaban J connectivity index is 3.81. The summed E-state index contributed by atoms with van der Waals surface area (Å²) < 4.78 is 303. The average Bonchev–Trinajstić information content (AvgIpc) is 3.09. The summed E-state index contributed by atoms with van der Waals surface area (Å²) in [4.78, 5) is 13.3. The van der Waals surface area contributed by atoms with E-state index >= 15 is 0 Å². The summed E-state index contributed by atoms with van der Waals surface area (Å²) in [5.41, 5.74) is 0. The van der Waals surface area contributed by atoms with Gasteiger partial charge in [0, 0.05) is 0 Å². The van der Waals surface area contributed by atoms with Crippen LogP contribution in [-0.2, 0) is 0 Å². The SMILES string of the molecule is O=C(c1nc(F)c(F)[nH]1)C(F)(F)C(F)(F)C(F)(F)C(F)(F)C(F)(F)C(F)(F)C(F)(F)C(F)(F)C(F)(F)C(F)(F)F. The number of hydrogen-bond acceptors (Lipinski definition) is 2. The zero-order valence-corrected chi connectivity index (χ0v) is 17.0. The van der Waals surface area contributed by atoms with Crippen molar-refractivity contribution in [1.82, 2.24) is 9.97 Å². The number of alkyl halides is 21. The number of nitrogens with zero attached hydrogens (tertiary/aromatic N) is 1. The molecule has 0 bridgehead atoms. The highest BCUT2D eigenvalue weighted by molar-refractivity contribution is 5.99. The van der Waals surface area contributed by atoms with E-state index in [0.717, 1.165) is 0 Å². The second kappa shape index (κ2) is 8.88. The molecule has 0 radical (unpaired) electrons. The first-order chi connectivity index (χ1) is 17.1. The minimum Gasteiger partial charge on any atom is -0.310 e. The van der Waals surface area contributed by atoms with E-state index < -0.39 is 83.0 Å². The van der Waals surface area contributed by atoms with E-state index in [-0.39, 0.29) is 0 Å². The molecule has 0 aromatic carbocycles. The van der Waals surface area contributed by atoms with Gasteiger partial charge in [0.2, 0.25) is 5.95 Å². The number of carbonyl (C=O) groups is 1. The smallest absolute Gasteiger partial charge is 0.310 e. The third-order valence-corrected chi connectivity index (χ3v) is 4.63. The van der Waals surface area contributed by atoms with Gasteiger partial charge in [-0.25, -0.2) is 0 Å². The number of nitrogens with one attached hydrogen (secondary N) is 1. The molecule has 40 heavy (non-hydrogen) atoms. The van der Waals surface area contributed by atoms with Gasteiger partial charge in [-0.15, -0.1) is 0 Å². The van der Waals surface area contributed by atoms with Gasteiger partial charge in [-0.2, -0.15) is 106 Å². The Morgan fingerprint density at radius 2 is 0.750 bits per heavy atom. The van der Waals surface area contributed by atoms with Crippen LogP contribution >= 0.6 is 0 Å². The van der Waals surface area contributed by atoms with Crippen molar-refractivity contribution in [1.29, 1.82) is 0 Å². The van der Waals surface area contributed by atoms with Crippen LogP contribution in [0.5, 0.6) is 0 Å². The molecule has 3 nitrogen and oxygen atoms in total. The van der Waals surface area contributed by atoms with Crippen LogP contribution in [0, 0.1) is 11.9 Å². The van der Waals surface area contributed by atoms with E-state index in [1.54, 1.807) is 4.98 Å². The fraction of sp³-hybridized carbons (Fsp3) is 0.714. The molecule has 1 rings (SSSR count). The molecular weight excluding hydrogens is 649 g/mol. The molecule has 0 aliphatic carbocycles. The fourth-order valence-corrected chi connectivity index (χ4v) is 2.29. The highest BCUT2D eigenvalue weighted by Gasteiger charge is 2.98. The number of hydrogen-bond donors (Lipinski definition) is 1. The van der Waals surface area contributed by atoms with Gasteiger partial charge in [-0.05, 0) is 0 Å². The quantitative estimate of drug-likeness (QED) is 0.216. The number of aromatic nitrogens is 2. The first-order valence-electron chi connectivity index (χ1n) is 8.50. The number of Topliss-reactive ketones (excluding diaryl/α,β-unsaturated/α-hetero) is 1. The second-order valence-corrected chi connectivity index (χ2v) is 7.19. The lowest BCUT2D eigenvalue weighted by Gasteiger charge is -2.44. The van der Waals surface area contributed by atoms with E-state index in [9.17, 15) is 106 Å². The summed E-state index contributed by atoms with van der Waals surface area (Å²) >= 11 is 0. The van der Waals surface area contributed by atoms with Gasteiger partial charge in [-0.3, -0.25) is 4.79 Å². The van der Waals surface area contributed by atoms with E-state index in [1.165, 1.54) is 0 Å². The van der Waals surface area contributed by atoms with Gasteiger partial charge >= 0.3 is 59.5 Å². The maximum absolute atomic E-state index is 13.7. The summed E-state index contributed by atoms with van der Waals surface area (Å²) in [6, 6.07) is 0. The molecule has 1 aromatic heterocycles. The maximum atomic E-state index is 13.7. The molecule has 0 amide bonds. The van der Waals surface area contributed by atoms with E-state index in [2.05, 4.69) is 0 Å². The Hall–Kier alpha value is -2.73. The van der Waals surface area contributed by atoms with Crippen LogP contribution in [0.15, 0.2) is 0 Å². The Labute approximate surface area is 200 Å². The van der Waals surface area contributed by atoms with Crippen LogP contribution in [0.1, 0.15) is 10.6 Å². The molecule has 234 valence electrons. The third-order valence-electron chi connectivity index (χ3n) is 4.63. The molecule has 26 heteroatoms. The predicted molar refractivity (Wildman–Crippen MR) is 73.4 cm³/mol. The summed E-state index contributed by atoms with van der Waals surface area (Å²) in [5.74, 6) is -92.6. The van der Waals surface area contributed by atoms with Crippen molar-refractivity contribution < 1.29 is 106 Å². The van der Waals surface area contributed by atoms with E-state index in [1.807, 2.05) is 0 Å². The van der Waals surface area contributed by atoms with Crippen LogP contribution in [0.25, 0.3) is 0 Å². The van der Waals surface area contributed by atoms with Gasteiger partial charge in [0.05, 0.1) is 0 Å². The Morgan fingerprint density at radius 1 is 0.475 bits per heavy atom. The normalized spacial score (nSPS) is 16.0.